The van der Waals surface area contributed by atoms with E-state index in [1.807, 2.05) is 0 Å². The van der Waals surface area contributed by atoms with Crippen LogP contribution in [0.25, 0.3) is 0 Å². The third-order valence-electron chi connectivity index (χ3n) is 3.06. The summed E-state index contributed by atoms with van der Waals surface area (Å²) in [7, 11) is 0. The fourth-order valence-corrected chi connectivity index (χ4v) is 2.12. The number of carboxylic acids is 1. The number of nitrogens with zero attached hydrogens (tertiary/aromatic N) is 1. The maximum absolute atomic E-state index is 11.4. The van der Waals surface area contributed by atoms with Crippen molar-refractivity contribution in [1.82, 2.24) is 4.90 Å². The molecule has 1 rings (SSSR count). The Labute approximate surface area is 90.3 Å². The van der Waals surface area contributed by atoms with Crippen molar-refractivity contribution in [2.75, 3.05) is 6.54 Å². The smallest absolute Gasteiger partial charge is 0.308 e. The second-order valence-electron chi connectivity index (χ2n) is 4.35. The van der Waals surface area contributed by atoms with Crippen molar-refractivity contribution in [1.29, 1.82) is 0 Å². The van der Waals surface area contributed by atoms with Gasteiger partial charge in [-0.3, -0.25) is 9.59 Å². The van der Waals surface area contributed by atoms with Gasteiger partial charge in [0.25, 0.3) is 0 Å². The molecule has 1 unspecified atom stereocenters. The quantitative estimate of drug-likeness (QED) is 0.769. The number of aliphatic carboxylic acids is 1. The van der Waals surface area contributed by atoms with Crippen LogP contribution in [0.3, 0.4) is 0 Å². The average Bonchev–Trinajstić information content (AvgIpc) is 2.65. The molecule has 0 aromatic rings. The zero-order valence-corrected chi connectivity index (χ0v) is 9.40. The number of carboxylic acid groups (broad SMARTS) is 1. The van der Waals surface area contributed by atoms with Crippen molar-refractivity contribution >= 4 is 11.9 Å². The molecule has 4 heteroatoms. The molecule has 15 heavy (non-hydrogen) atoms. The van der Waals surface area contributed by atoms with Gasteiger partial charge in [0.1, 0.15) is 0 Å². The number of rotatable bonds is 4. The van der Waals surface area contributed by atoms with Gasteiger partial charge in [-0.15, -0.1) is 0 Å². The van der Waals surface area contributed by atoms with Gasteiger partial charge in [-0.1, -0.05) is 19.8 Å². The Morgan fingerprint density at radius 2 is 1.93 bits per heavy atom. The number of hydrogen-bond donors (Lipinski definition) is 1. The molecule has 86 valence electrons. The predicted molar refractivity (Wildman–Crippen MR) is 56.4 cm³/mol. The topological polar surface area (TPSA) is 57.6 Å². The summed E-state index contributed by atoms with van der Waals surface area (Å²) in [5.74, 6) is -1.32. The van der Waals surface area contributed by atoms with Crippen LogP contribution < -0.4 is 0 Å². The molecule has 0 radical (unpaired) electrons. The molecule has 1 aliphatic rings. The van der Waals surface area contributed by atoms with Crippen molar-refractivity contribution < 1.29 is 14.7 Å². The SMILES string of the molecule is CC(=O)N(CC(C)C(=O)O)C1CCCC1. The lowest BCUT2D eigenvalue weighted by molar-refractivity contribution is -0.143. The highest BCUT2D eigenvalue weighted by Gasteiger charge is 2.27. The third kappa shape index (κ3) is 3.22. The van der Waals surface area contributed by atoms with E-state index in [0.29, 0.717) is 6.54 Å². The van der Waals surface area contributed by atoms with E-state index in [2.05, 4.69) is 0 Å². The van der Waals surface area contributed by atoms with Gasteiger partial charge in [0.15, 0.2) is 0 Å². The van der Waals surface area contributed by atoms with Crippen LogP contribution in [-0.4, -0.2) is 34.5 Å². The molecule has 1 N–H and O–H groups in total. The van der Waals surface area contributed by atoms with E-state index in [-0.39, 0.29) is 11.9 Å². The summed E-state index contributed by atoms with van der Waals surface area (Å²) in [5, 5.41) is 8.82. The van der Waals surface area contributed by atoms with Gasteiger partial charge in [-0.2, -0.15) is 0 Å². The molecule has 0 saturated heterocycles. The van der Waals surface area contributed by atoms with Crippen LogP contribution in [0.4, 0.5) is 0 Å². The summed E-state index contributed by atoms with van der Waals surface area (Å²) >= 11 is 0. The van der Waals surface area contributed by atoms with Crippen molar-refractivity contribution in [3.63, 3.8) is 0 Å². The van der Waals surface area contributed by atoms with Gasteiger partial charge in [0.2, 0.25) is 5.91 Å². The first-order valence-electron chi connectivity index (χ1n) is 5.52. The van der Waals surface area contributed by atoms with Crippen LogP contribution in [0.15, 0.2) is 0 Å². The Hall–Kier alpha value is -1.06. The summed E-state index contributed by atoms with van der Waals surface area (Å²) in [5.41, 5.74) is 0. The molecule has 0 spiro atoms. The Morgan fingerprint density at radius 1 is 1.40 bits per heavy atom. The van der Waals surface area contributed by atoms with E-state index < -0.39 is 11.9 Å². The highest BCUT2D eigenvalue weighted by molar-refractivity contribution is 5.75. The minimum Gasteiger partial charge on any atom is -0.481 e. The number of amides is 1. The van der Waals surface area contributed by atoms with E-state index in [9.17, 15) is 9.59 Å². The molecule has 1 aliphatic carbocycles. The maximum Gasteiger partial charge on any atom is 0.308 e. The maximum atomic E-state index is 11.4. The van der Waals surface area contributed by atoms with Crippen LogP contribution >= 0.6 is 0 Å². The van der Waals surface area contributed by atoms with Crippen molar-refractivity contribution in [2.24, 2.45) is 5.92 Å². The highest BCUT2D eigenvalue weighted by atomic mass is 16.4. The van der Waals surface area contributed by atoms with Gasteiger partial charge in [-0.25, -0.2) is 0 Å². The number of carbonyl (C=O) groups is 2. The van der Waals surface area contributed by atoms with Gasteiger partial charge in [-0.05, 0) is 12.8 Å². The highest BCUT2D eigenvalue weighted by Crippen LogP contribution is 2.24. The van der Waals surface area contributed by atoms with Crippen LogP contribution in [0.2, 0.25) is 0 Å². The molecule has 4 nitrogen and oxygen atoms in total. The monoisotopic (exact) mass is 213 g/mol. The molecular weight excluding hydrogens is 194 g/mol. The molecule has 0 aromatic heterocycles. The normalized spacial score (nSPS) is 18.8. The number of hydrogen-bond acceptors (Lipinski definition) is 2. The van der Waals surface area contributed by atoms with Crippen LogP contribution in [0, 0.1) is 5.92 Å². The first kappa shape index (κ1) is 12.0. The Morgan fingerprint density at radius 3 is 2.33 bits per heavy atom. The lowest BCUT2D eigenvalue weighted by atomic mass is 10.1. The molecular formula is C11H19NO3. The molecule has 1 fully saturated rings. The van der Waals surface area contributed by atoms with E-state index >= 15 is 0 Å². The van der Waals surface area contributed by atoms with Gasteiger partial charge < -0.3 is 10.0 Å². The van der Waals surface area contributed by atoms with Crippen molar-refractivity contribution in [3.05, 3.63) is 0 Å². The molecule has 0 heterocycles. The molecule has 1 atom stereocenters. The second-order valence-corrected chi connectivity index (χ2v) is 4.35. The zero-order valence-electron chi connectivity index (χ0n) is 9.40. The van der Waals surface area contributed by atoms with E-state index in [4.69, 9.17) is 5.11 Å². The lowest BCUT2D eigenvalue weighted by Gasteiger charge is -2.29. The largest absolute Gasteiger partial charge is 0.481 e. The summed E-state index contributed by atoms with van der Waals surface area (Å²) in [4.78, 5) is 23.9. The molecule has 0 aromatic carbocycles. The van der Waals surface area contributed by atoms with Crippen LogP contribution in [-0.2, 0) is 9.59 Å². The van der Waals surface area contributed by atoms with Crippen LogP contribution in [0.1, 0.15) is 39.5 Å². The standard InChI is InChI=1S/C11H19NO3/c1-8(11(14)15)7-12(9(2)13)10-5-3-4-6-10/h8,10H,3-7H2,1-2H3,(H,14,15). The fraction of sp³-hybridized carbons (Fsp3) is 0.818. The second kappa shape index (κ2) is 5.14. The number of carbonyl (C=O) groups excluding carboxylic acids is 1. The minimum atomic E-state index is -0.834. The Bertz CT molecular complexity index is 246. The molecule has 1 amide bonds. The van der Waals surface area contributed by atoms with E-state index in [1.165, 1.54) is 6.92 Å². The minimum absolute atomic E-state index is 0.00463. The fourth-order valence-electron chi connectivity index (χ4n) is 2.12. The molecule has 0 bridgehead atoms. The van der Waals surface area contributed by atoms with E-state index in [0.717, 1.165) is 25.7 Å². The molecule has 0 aliphatic heterocycles. The Balaban J connectivity index is 2.57. The van der Waals surface area contributed by atoms with Gasteiger partial charge in [0, 0.05) is 19.5 Å². The summed E-state index contributed by atoms with van der Waals surface area (Å²) in [6, 6.07) is 0.268. The summed E-state index contributed by atoms with van der Waals surface area (Å²) < 4.78 is 0. The van der Waals surface area contributed by atoms with E-state index in [1.54, 1.807) is 11.8 Å². The summed E-state index contributed by atoms with van der Waals surface area (Å²) in [6.45, 7) is 3.51. The van der Waals surface area contributed by atoms with Crippen LogP contribution in [0.5, 0.6) is 0 Å². The first-order valence-corrected chi connectivity index (χ1v) is 5.52. The summed E-state index contributed by atoms with van der Waals surface area (Å²) in [6.07, 6.45) is 4.34. The van der Waals surface area contributed by atoms with Crippen molar-refractivity contribution in [3.8, 4) is 0 Å². The van der Waals surface area contributed by atoms with Gasteiger partial charge in [0.05, 0.1) is 5.92 Å². The predicted octanol–water partition coefficient (Wildman–Crippen LogP) is 1.50. The first-order chi connectivity index (χ1) is 7.02. The zero-order chi connectivity index (χ0) is 11.4. The van der Waals surface area contributed by atoms with Crippen molar-refractivity contribution in [2.45, 2.75) is 45.6 Å². The molecule has 1 saturated carbocycles. The average molecular weight is 213 g/mol. The third-order valence-corrected chi connectivity index (χ3v) is 3.06. The van der Waals surface area contributed by atoms with Gasteiger partial charge >= 0.3 is 5.97 Å². The lowest BCUT2D eigenvalue weighted by Crippen LogP contribution is -2.41. The Kier molecular flexibility index (Phi) is 4.12.